The number of alkyl carbamates (subject to hydrolysis) is 1. The molecule has 0 aliphatic heterocycles. The van der Waals surface area contributed by atoms with E-state index in [0.29, 0.717) is 13.1 Å². The number of alkyl halides is 1. The molecule has 184 valence electrons. The monoisotopic (exact) mass is 588 g/mol. The molecule has 0 radical (unpaired) electrons. The molecule has 2 atom stereocenters. The second kappa shape index (κ2) is 21.2. The Morgan fingerprint density at radius 3 is 2.21 bits per heavy atom. The van der Waals surface area contributed by atoms with Crippen molar-refractivity contribution in [2.24, 2.45) is 0 Å². The van der Waals surface area contributed by atoms with Gasteiger partial charge in [-0.3, -0.25) is 4.39 Å². The van der Waals surface area contributed by atoms with Gasteiger partial charge in [-0.2, -0.15) is 0 Å². The molecule has 0 fully saturated rings. The number of nitrogens with one attached hydrogen (secondary N) is 2. The van der Waals surface area contributed by atoms with Gasteiger partial charge in [-0.1, -0.05) is 50.1 Å². The average Bonchev–Trinajstić information content (AvgIpc) is 2.73. The fourth-order valence-corrected chi connectivity index (χ4v) is 3.00. The summed E-state index contributed by atoms with van der Waals surface area (Å²) in [4.78, 5) is 25.6. The Labute approximate surface area is 259 Å². The van der Waals surface area contributed by atoms with Crippen LogP contribution in [0.25, 0.3) is 0 Å². The minimum Gasteiger partial charge on any atom is -0.456 e. The van der Waals surface area contributed by atoms with Crippen molar-refractivity contribution in [1.29, 1.82) is 0 Å². The van der Waals surface area contributed by atoms with Gasteiger partial charge in [0.15, 0.2) is 6.04 Å². The largest absolute Gasteiger partial charge is 1.00 e. The number of unbranched alkanes of at least 4 members (excludes halogenated alkanes) is 3. The molecule has 0 bridgehead atoms. The first-order valence-corrected chi connectivity index (χ1v) is 11.7. The molecule has 0 aromatic heterocycles. The molecule has 0 saturated heterocycles. The molecular formula is C25H44CsFN2O4+2. The second-order valence-electron chi connectivity index (χ2n) is 8.73. The van der Waals surface area contributed by atoms with E-state index in [1.807, 2.05) is 58.0 Å². The van der Waals surface area contributed by atoms with Gasteiger partial charge in [0.2, 0.25) is 0 Å². The third-order valence-electron chi connectivity index (χ3n) is 4.66. The van der Waals surface area contributed by atoms with Crippen molar-refractivity contribution in [3.8, 4) is 0 Å². The fourth-order valence-electron chi connectivity index (χ4n) is 3.00. The molecule has 0 aliphatic carbocycles. The minimum atomic E-state index is -0.523. The quantitative estimate of drug-likeness (QED) is 0.284. The third-order valence-corrected chi connectivity index (χ3v) is 4.66. The molecule has 33 heavy (non-hydrogen) atoms. The molecule has 2 unspecified atom stereocenters. The minimum absolute atomic E-state index is 0. The molecule has 0 aliphatic rings. The topological polar surface area (TPSA) is 69.1 Å². The number of halogens is 1. The van der Waals surface area contributed by atoms with Crippen LogP contribution >= 0.6 is 0 Å². The van der Waals surface area contributed by atoms with Crippen molar-refractivity contribution < 1.29 is 97.2 Å². The Morgan fingerprint density at radius 1 is 1.06 bits per heavy atom. The van der Waals surface area contributed by atoms with Crippen LogP contribution in [0.1, 0.15) is 72.8 Å². The maximum atomic E-state index is 12.6. The van der Waals surface area contributed by atoms with Crippen LogP contribution in [0.2, 0.25) is 0 Å². The van der Waals surface area contributed by atoms with Crippen molar-refractivity contribution in [1.82, 2.24) is 5.32 Å². The molecule has 1 aromatic carbocycles. The normalized spacial score (nSPS) is 12.3. The van der Waals surface area contributed by atoms with Crippen molar-refractivity contribution in [3.05, 3.63) is 35.9 Å². The maximum Gasteiger partial charge on any atom is 1.00 e. The van der Waals surface area contributed by atoms with Crippen LogP contribution < -0.4 is 79.1 Å². The van der Waals surface area contributed by atoms with Gasteiger partial charge >= 0.3 is 81.0 Å². The summed E-state index contributed by atoms with van der Waals surface area (Å²) in [6, 6.07) is 9.39. The van der Waals surface area contributed by atoms with E-state index >= 15 is 0 Å². The van der Waals surface area contributed by atoms with E-state index in [1.165, 1.54) is 19.8 Å². The van der Waals surface area contributed by atoms with E-state index in [2.05, 4.69) is 12.2 Å². The number of benzene rings is 1. The van der Waals surface area contributed by atoms with Crippen molar-refractivity contribution in [2.75, 3.05) is 26.3 Å². The number of rotatable bonds is 12. The van der Waals surface area contributed by atoms with Gasteiger partial charge in [-0.25, -0.2) is 9.59 Å². The van der Waals surface area contributed by atoms with Gasteiger partial charge in [0.25, 0.3) is 0 Å². The van der Waals surface area contributed by atoms with Crippen LogP contribution in [0.3, 0.4) is 0 Å². The summed E-state index contributed by atoms with van der Waals surface area (Å²) in [7, 11) is 0. The Bertz CT molecular complexity index is 627. The van der Waals surface area contributed by atoms with E-state index in [1.54, 1.807) is 0 Å². The van der Waals surface area contributed by atoms with Crippen molar-refractivity contribution in [3.63, 3.8) is 0 Å². The smallest absolute Gasteiger partial charge is 0.456 e. The first kappa shape index (κ1) is 35.1. The predicted molar refractivity (Wildman–Crippen MR) is 126 cm³/mol. The molecule has 1 amide bonds. The number of amides is 1. The molecule has 0 saturated carbocycles. The molecular weight excluding hydrogens is 544 g/mol. The Kier molecular flexibility index (Phi) is 22.5. The summed E-state index contributed by atoms with van der Waals surface area (Å²) < 4.78 is 21.1. The molecule has 0 heterocycles. The van der Waals surface area contributed by atoms with E-state index in [9.17, 15) is 14.0 Å². The standard InChI is InChI=1S/C23H38N2O4.C2H5F.Cs/c1-6-7-8-12-16-25(17-15-24-22(27)29-23(3,4)5)19(2)21(26)28-18-20-13-10-9-11-14-20;1-2-3;/h9-11,13-14,19H,6-8,12,15-18H2,1-5H3,(H,24,27);2H2,1H3;/q;;+1/p+1. The molecule has 8 heteroatoms. The van der Waals surface area contributed by atoms with Gasteiger partial charge in [0.05, 0.1) is 26.3 Å². The number of carbonyl (C=O) groups excluding carboxylic acids is 2. The average molecular weight is 589 g/mol. The van der Waals surface area contributed by atoms with Crippen LogP contribution in [-0.2, 0) is 20.9 Å². The van der Waals surface area contributed by atoms with Gasteiger partial charge in [-0.05, 0) is 53.0 Å². The van der Waals surface area contributed by atoms with Gasteiger partial charge in [0, 0.05) is 0 Å². The first-order valence-electron chi connectivity index (χ1n) is 11.7. The molecule has 1 rings (SSSR count). The summed E-state index contributed by atoms with van der Waals surface area (Å²) in [6.45, 7) is 13.0. The van der Waals surface area contributed by atoms with E-state index < -0.39 is 11.7 Å². The second-order valence-corrected chi connectivity index (χ2v) is 8.73. The van der Waals surface area contributed by atoms with E-state index in [4.69, 9.17) is 9.47 Å². The zero-order valence-corrected chi connectivity index (χ0v) is 28.1. The number of hydrogen-bond donors (Lipinski definition) is 2. The van der Waals surface area contributed by atoms with Crippen LogP contribution in [0.5, 0.6) is 0 Å². The van der Waals surface area contributed by atoms with Crippen LogP contribution in [0.15, 0.2) is 30.3 Å². The zero-order chi connectivity index (χ0) is 24.4. The molecule has 1 aromatic rings. The SMILES string of the molecule is CCCCCC[NH+](CCNC(=O)OC(C)(C)C)C(C)C(=O)OCc1ccccc1.CCF.[Cs+]. The van der Waals surface area contributed by atoms with E-state index in [0.717, 1.165) is 29.8 Å². The Balaban J connectivity index is 0. The first-order chi connectivity index (χ1) is 15.1. The third kappa shape index (κ3) is 19.9. The number of carbonyl (C=O) groups is 2. The fraction of sp³-hybridized carbons (Fsp3) is 0.680. The van der Waals surface area contributed by atoms with Crippen molar-refractivity contribution >= 4 is 12.1 Å². The Hall–Kier alpha value is -0.0981. The van der Waals surface area contributed by atoms with Gasteiger partial charge in [-0.15, -0.1) is 0 Å². The van der Waals surface area contributed by atoms with Crippen molar-refractivity contribution in [2.45, 2.75) is 85.5 Å². The summed E-state index contributed by atoms with van der Waals surface area (Å²) in [6.07, 6.45) is 4.12. The number of hydrogen-bond acceptors (Lipinski definition) is 4. The van der Waals surface area contributed by atoms with Crippen LogP contribution in [0, 0.1) is 0 Å². The van der Waals surface area contributed by atoms with Gasteiger partial charge in [0.1, 0.15) is 12.2 Å². The maximum absolute atomic E-state index is 12.6. The molecule has 6 nitrogen and oxygen atoms in total. The zero-order valence-electron chi connectivity index (χ0n) is 21.8. The molecule has 0 spiro atoms. The summed E-state index contributed by atoms with van der Waals surface area (Å²) in [5.74, 6) is -0.211. The predicted octanol–water partition coefficient (Wildman–Crippen LogP) is 1.09. The Morgan fingerprint density at radius 2 is 1.67 bits per heavy atom. The van der Waals surface area contributed by atoms with Crippen LogP contribution in [-0.4, -0.2) is 50.0 Å². The van der Waals surface area contributed by atoms with Crippen LogP contribution in [0.4, 0.5) is 9.18 Å². The summed E-state index contributed by atoms with van der Waals surface area (Å²) >= 11 is 0. The summed E-state index contributed by atoms with van der Waals surface area (Å²) in [5.41, 5.74) is 0.454. The number of ether oxygens (including phenoxy) is 2. The van der Waals surface area contributed by atoms with E-state index in [-0.39, 0.29) is 94.2 Å². The number of esters is 1. The molecule has 2 N–H and O–H groups in total. The van der Waals surface area contributed by atoms with Gasteiger partial charge < -0.3 is 19.7 Å². The number of quaternary nitrogens is 1. The summed E-state index contributed by atoms with van der Waals surface area (Å²) in [5, 5.41) is 2.79.